The van der Waals surface area contributed by atoms with Crippen molar-refractivity contribution in [3.05, 3.63) is 59.2 Å². The van der Waals surface area contributed by atoms with Crippen LogP contribution in [0.15, 0.2) is 36.4 Å². The highest BCUT2D eigenvalue weighted by atomic mass is 16.5. The van der Waals surface area contributed by atoms with Crippen molar-refractivity contribution in [3.8, 4) is 0 Å². The van der Waals surface area contributed by atoms with Crippen LogP contribution in [0.1, 0.15) is 40.5 Å². The highest BCUT2D eigenvalue weighted by molar-refractivity contribution is 5.88. The molecule has 0 aliphatic carbocycles. The van der Waals surface area contributed by atoms with E-state index < -0.39 is 18.5 Å². The molecule has 0 saturated carbocycles. The Hall–Kier alpha value is -3.29. The second-order valence-electron chi connectivity index (χ2n) is 5.96. The third-order valence-corrected chi connectivity index (χ3v) is 3.81. The van der Waals surface area contributed by atoms with E-state index in [2.05, 4.69) is 20.4 Å². The standard InChI is InChI=1S/C18H19N5O3/c1-11-9-12(2)23-18(19-11)21-16(22-23)17(25)26-10-15(24)20-13(3)14-7-5-4-6-8-14/h4-9,13H,10H2,1-3H3,(H,20,24)/t13-/m0/s1. The summed E-state index contributed by atoms with van der Waals surface area (Å²) in [6, 6.07) is 11.2. The van der Waals surface area contributed by atoms with Gasteiger partial charge in [0.25, 0.3) is 17.5 Å². The maximum absolute atomic E-state index is 12.1. The summed E-state index contributed by atoms with van der Waals surface area (Å²) in [6.45, 7) is 5.12. The zero-order valence-corrected chi connectivity index (χ0v) is 14.8. The highest BCUT2D eigenvalue weighted by Gasteiger charge is 2.18. The lowest BCUT2D eigenvalue weighted by atomic mass is 10.1. The zero-order chi connectivity index (χ0) is 18.7. The fourth-order valence-electron chi connectivity index (χ4n) is 2.56. The van der Waals surface area contributed by atoms with Crippen molar-refractivity contribution < 1.29 is 14.3 Å². The second-order valence-corrected chi connectivity index (χ2v) is 5.96. The van der Waals surface area contributed by atoms with Gasteiger partial charge in [-0.3, -0.25) is 4.79 Å². The summed E-state index contributed by atoms with van der Waals surface area (Å²) in [6.07, 6.45) is 0. The monoisotopic (exact) mass is 353 g/mol. The number of aromatic nitrogens is 4. The first-order valence-electron chi connectivity index (χ1n) is 8.16. The van der Waals surface area contributed by atoms with Crippen LogP contribution in [0.2, 0.25) is 0 Å². The van der Waals surface area contributed by atoms with Gasteiger partial charge in [0.15, 0.2) is 6.61 Å². The molecule has 0 unspecified atom stereocenters. The molecule has 1 amide bonds. The molecule has 1 N–H and O–H groups in total. The smallest absolute Gasteiger partial charge is 0.378 e. The van der Waals surface area contributed by atoms with E-state index in [9.17, 15) is 9.59 Å². The SMILES string of the molecule is Cc1cc(C)n2nc(C(=O)OCC(=O)N[C@@H](C)c3ccccc3)nc2n1. The van der Waals surface area contributed by atoms with E-state index in [-0.39, 0.29) is 11.9 Å². The number of hydrogen-bond acceptors (Lipinski definition) is 6. The van der Waals surface area contributed by atoms with Crippen molar-refractivity contribution in [2.45, 2.75) is 26.8 Å². The summed E-state index contributed by atoms with van der Waals surface area (Å²) in [5.41, 5.74) is 2.54. The van der Waals surface area contributed by atoms with Crippen molar-refractivity contribution in [2.24, 2.45) is 0 Å². The molecule has 0 bridgehead atoms. The van der Waals surface area contributed by atoms with Crippen LogP contribution < -0.4 is 5.32 Å². The van der Waals surface area contributed by atoms with Crippen LogP contribution in [0.4, 0.5) is 0 Å². The Kier molecular flexibility index (Phi) is 4.92. The number of hydrogen-bond donors (Lipinski definition) is 1. The van der Waals surface area contributed by atoms with Crippen molar-refractivity contribution in [2.75, 3.05) is 6.61 Å². The maximum Gasteiger partial charge on any atom is 0.378 e. The van der Waals surface area contributed by atoms with E-state index in [4.69, 9.17) is 4.74 Å². The van der Waals surface area contributed by atoms with Gasteiger partial charge in [0.2, 0.25) is 0 Å². The highest BCUT2D eigenvalue weighted by Crippen LogP contribution is 2.11. The van der Waals surface area contributed by atoms with Crippen LogP contribution in [0.25, 0.3) is 5.78 Å². The Morgan fingerprint density at radius 1 is 1.19 bits per heavy atom. The number of nitrogens with zero attached hydrogens (tertiary/aromatic N) is 4. The molecule has 0 radical (unpaired) electrons. The van der Waals surface area contributed by atoms with Gasteiger partial charge in [-0.15, -0.1) is 5.10 Å². The minimum atomic E-state index is -0.768. The van der Waals surface area contributed by atoms with E-state index in [1.54, 1.807) is 0 Å². The Bertz CT molecular complexity index is 952. The van der Waals surface area contributed by atoms with Gasteiger partial charge in [0, 0.05) is 11.4 Å². The van der Waals surface area contributed by atoms with Gasteiger partial charge in [-0.1, -0.05) is 30.3 Å². The van der Waals surface area contributed by atoms with Gasteiger partial charge in [-0.05, 0) is 32.4 Å². The van der Waals surface area contributed by atoms with Gasteiger partial charge in [0.1, 0.15) is 0 Å². The van der Waals surface area contributed by atoms with E-state index in [0.717, 1.165) is 17.0 Å². The van der Waals surface area contributed by atoms with E-state index >= 15 is 0 Å². The number of fused-ring (bicyclic) bond motifs is 1. The largest absolute Gasteiger partial charge is 0.450 e. The third kappa shape index (κ3) is 3.85. The summed E-state index contributed by atoms with van der Waals surface area (Å²) in [5.74, 6) is -0.981. The number of esters is 1. The summed E-state index contributed by atoms with van der Waals surface area (Å²) in [7, 11) is 0. The first-order chi connectivity index (χ1) is 12.4. The van der Waals surface area contributed by atoms with E-state index in [0.29, 0.717) is 5.78 Å². The van der Waals surface area contributed by atoms with Crippen LogP contribution in [-0.2, 0) is 9.53 Å². The molecular formula is C18H19N5O3. The lowest BCUT2D eigenvalue weighted by molar-refractivity contribution is -0.124. The van der Waals surface area contributed by atoms with Crippen molar-refractivity contribution in [1.82, 2.24) is 24.9 Å². The minimum absolute atomic E-state index is 0.130. The molecule has 0 aliphatic rings. The predicted octanol–water partition coefficient (Wildman–Crippen LogP) is 1.78. The molecule has 2 heterocycles. The van der Waals surface area contributed by atoms with E-state index in [1.807, 2.05) is 57.2 Å². The molecule has 26 heavy (non-hydrogen) atoms. The molecule has 0 aliphatic heterocycles. The molecular weight excluding hydrogens is 334 g/mol. The number of carbonyl (C=O) groups excluding carboxylic acids is 2. The molecule has 8 nitrogen and oxygen atoms in total. The lowest BCUT2D eigenvalue weighted by Gasteiger charge is -2.13. The average molecular weight is 353 g/mol. The van der Waals surface area contributed by atoms with Gasteiger partial charge in [0.05, 0.1) is 6.04 Å². The third-order valence-electron chi connectivity index (χ3n) is 3.81. The van der Waals surface area contributed by atoms with Crippen molar-refractivity contribution in [1.29, 1.82) is 0 Å². The summed E-state index contributed by atoms with van der Waals surface area (Å²) in [5, 5.41) is 6.85. The molecule has 3 aromatic rings. The topological polar surface area (TPSA) is 98.5 Å². The molecule has 1 atom stereocenters. The Morgan fingerprint density at radius 3 is 2.65 bits per heavy atom. The van der Waals surface area contributed by atoms with Gasteiger partial charge in [-0.25, -0.2) is 14.3 Å². The number of carbonyl (C=O) groups is 2. The van der Waals surface area contributed by atoms with Crippen LogP contribution in [0.5, 0.6) is 0 Å². The van der Waals surface area contributed by atoms with E-state index in [1.165, 1.54) is 4.52 Å². The maximum atomic E-state index is 12.1. The van der Waals surface area contributed by atoms with Crippen LogP contribution >= 0.6 is 0 Å². The number of nitrogens with one attached hydrogen (secondary N) is 1. The first-order valence-corrected chi connectivity index (χ1v) is 8.16. The Labute approximate surface area is 150 Å². The van der Waals surface area contributed by atoms with Crippen LogP contribution in [-0.4, -0.2) is 38.1 Å². The predicted molar refractivity (Wildman–Crippen MR) is 93.5 cm³/mol. The van der Waals surface area contributed by atoms with Crippen molar-refractivity contribution in [3.63, 3.8) is 0 Å². The normalized spacial score (nSPS) is 12.0. The van der Waals surface area contributed by atoms with Crippen LogP contribution in [0, 0.1) is 13.8 Å². The Morgan fingerprint density at radius 2 is 1.92 bits per heavy atom. The molecule has 2 aromatic heterocycles. The van der Waals surface area contributed by atoms with Gasteiger partial charge >= 0.3 is 5.97 Å². The van der Waals surface area contributed by atoms with Crippen LogP contribution in [0.3, 0.4) is 0 Å². The van der Waals surface area contributed by atoms with Gasteiger partial charge in [-0.2, -0.15) is 4.98 Å². The summed E-state index contributed by atoms with van der Waals surface area (Å²) >= 11 is 0. The Balaban J connectivity index is 1.60. The van der Waals surface area contributed by atoms with Crippen molar-refractivity contribution >= 4 is 17.7 Å². The summed E-state index contributed by atoms with van der Waals surface area (Å²) < 4.78 is 6.47. The summed E-state index contributed by atoms with van der Waals surface area (Å²) in [4.78, 5) is 32.4. The molecule has 8 heteroatoms. The molecule has 0 saturated heterocycles. The fraction of sp³-hybridized carbons (Fsp3) is 0.278. The molecule has 134 valence electrons. The number of ether oxygens (including phenoxy) is 1. The molecule has 0 fully saturated rings. The number of aryl methyl sites for hydroxylation is 2. The zero-order valence-electron chi connectivity index (χ0n) is 14.8. The second kappa shape index (κ2) is 7.30. The molecule has 0 spiro atoms. The minimum Gasteiger partial charge on any atom is -0.450 e. The number of amides is 1. The lowest BCUT2D eigenvalue weighted by Crippen LogP contribution is -2.31. The number of benzene rings is 1. The fourth-order valence-corrected chi connectivity index (χ4v) is 2.56. The number of rotatable bonds is 5. The average Bonchev–Trinajstić information content (AvgIpc) is 3.05. The molecule has 1 aromatic carbocycles. The van der Waals surface area contributed by atoms with Gasteiger partial charge < -0.3 is 10.1 Å². The molecule has 3 rings (SSSR count). The quantitative estimate of drug-likeness (QED) is 0.702. The first kappa shape index (κ1) is 17.5.